The van der Waals surface area contributed by atoms with Gasteiger partial charge in [-0.05, 0) is 29.5 Å². The van der Waals surface area contributed by atoms with E-state index in [2.05, 4.69) is 15.7 Å². The van der Waals surface area contributed by atoms with Gasteiger partial charge in [-0.2, -0.15) is 5.10 Å². The first-order chi connectivity index (χ1) is 12.5. The molecule has 3 aromatic rings. The van der Waals surface area contributed by atoms with E-state index in [1.165, 1.54) is 16.0 Å². The van der Waals surface area contributed by atoms with Gasteiger partial charge in [0.15, 0.2) is 5.69 Å². The maximum Gasteiger partial charge on any atom is 0.271 e. The topological polar surface area (TPSA) is 76.0 Å². The number of thiophene rings is 1. The number of carbonyl (C=O) groups is 2. The predicted molar refractivity (Wildman–Crippen MR) is 103 cm³/mol. The lowest BCUT2D eigenvalue weighted by Crippen LogP contribution is -2.26. The molecule has 0 aliphatic rings. The molecule has 6 nitrogen and oxygen atoms in total. The molecule has 2 aromatic heterocycles. The highest BCUT2D eigenvalue weighted by molar-refractivity contribution is 7.12. The number of anilines is 1. The van der Waals surface area contributed by atoms with Crippen LogP contribution in [0.2, 0.25) is 5.02 Å². The molecular formula is C18H17ClN4O2S. The lowest BCUT2D eigenvalue weighted by Gasteiger charge is -2.05. The van der Waals surface area contributed by atoms with Crippen LogP contribution in [0.5, 0.6) is 0 Å². The van der Waals surface area contributed by atoms with Crippen LogP contribution in [-0.2, 0) is 13.5 Å². The van der Waals surface area contributed by atoms with E-state index in [1.54, 1.807) is 25.2 Å². The molecule has 0 bridgehead atoms. The minimum Gasteiger partial charge on any atom is -0.350 e. The Balaban J connectivity index is 1.58. The summed E-state index contributed by atoms with van der Waals surface area (Å²) in [4.78, 5) is 25.0. The highest BCUT2D eigenvalue weighted by Crippen LogP contribution is 2.16. The molecule has 0 radical (unpaired) electrons. The summed E-state index contributed by atoms with van der Waals surface area (Å²) in [7, 11) is 1.67. The summed E-state index contributed by atoms with van der Waals surface area (Å²) in [5, 5.41) is 12.2. The summed E-state index contributed by atoms with van der Waals surface area (Å²) in [6.45, 7) is 0.441. The fourth-order valence-corrected chi connectivity index (χ4v) is 3.23. The molecule has 0 saturated heterocycles. The van der Waals surface area contributed by atoms with Crippen molar-refractivity contribution in [3.05, 3.63) is 69.0 Å². The summed E-state index contributed by atoms with van der Waals surface area (Å²) in [5.41, 5.74) is 1.22. The minimum absolute atomic E-state index is 0.228. The number of halogens is 1. The molecule has 0 spiro atoms. The maximum atomic E-state index is 12.3. The number of carbonyl (C=O) groups excluding carboxylic acids is 2. The quantitative estimate of drug-likeness (QED) is 0.679. The molecule has 26 heavy (non-hydrogen) atoms. The molecular weight excluding hydrogens is 372 g/mol. The first-order valence-corrected chi connectivity index (χ1v) is 9.21. The molecule has 2 amide bonds. The number of amides is 2. The minimum atomic E-state index is -0.302. The van der Waals surface area contributed by atoms with E-state index in [0.717, 1.165) is 5.56 Å². The van der Waals surface area contributed by atoms with Crippen molar-refractivity contribution in [2.75, 3.05) is 11.9 Å². The van der Waals surface area contributed by atoms with Crippen LogP contribution in [0.1, 0.15) is 25.7 Å². The first kappa shape index (κ1) is 18.2. The van der Waals surface area contributed by atoms with E-state index in [4.69, 9.17) is 11.6 Å². The third-order valence-corrected chi connectivity index (χ3v) is 4.97. The van der Waals surface area contributed by atoms with Gasteiger partial charge in [0, 0.05) is 24.7 Å². The van der Waals surface area contributed by atoms with E-state index in [-0.39, 0.29) is 17.5 Å². The van der Waals surface area contributed by atoms with Crippen LogP contribution in [0.25, 0.3) is 0 Å². The Morgan fingerprint density at radius 1 is 1.19 bits per heavy atom. The number of nitrogens with one attached hydrogen (secondary N) is 2. The van der Waals surface area contributed by atoms with Crippen molar-refractivity contribution in [2.45, 2.75) is 6.42 Å². The van der Waals surface area contributed by atoms with Crippen LogP contribution < -0.4 is 10.6 Å². The van der Waals surface area contributed by atoms with Crippen molar-refractivity contribution in [3.8, 4) is 0 Å². The number of rotatable bonds is 6. The fraction of sp³-hybridized carbons (Fsp3) is 0.167. The second-order valence-corrected chi connectivity index (χ2v) is 6.92. The van der Waals surface area contributed by atoms with Crippen molar-refractivity contribution in [2.24, 2.45) is 7.05 Å². The Hall–Kier alpha value is -2.64. The Labute approximate surface area is 159 Å². The molecule has 2 N–H and O–H groups in total. The summed E-state index contributed by atoms with van der Waals surface area (Å²) in [6.07, 6.45) is 0.625. The number of hydrogen-bond donors (Lipinski definition) is 2. The number of aromatic nitrogens is 2. The van der Waals surface area contributed by atoms with E-state index in [9.17, 15) is 9.59 Å². The molecule has 3 rings (SSSR count). The summed E-state index contributed by atoms with van der Waals surface area (Å²) < 4.78 is 1.47. The van der Waals surface area contributed by atoms with Crippen LogP contribution >= 0.6 is 22.9 Å². The Morgan fingerprint density at radius 3 is 2.73 bits per heavy atom. The van der Waals surface area contributed by atoms with E-state index >= 15 is 0 Å². The lowest BCUT2D eigenvalue weighted by molar-refractivity contribution is 0.0947. The SMILES string of the molecule is Cn1nc(C(=O)NCCc2ccccc2Cl)cc1NC(=O)c1cccs1. The van der Waals surface area contributed by atoms with E-state index < -0.39 is 0 Å². The summed E-state index contributed by atoms with van der Waals surface area (Å²) in [6, 6.07) is 12.6. The Morgan fingerprint density at radius 2 is 2.00 bits per heavy atom. The molecule has 0 aliphatic heterocycles. The third kappa shape index (κ3) is 4.30. The lowest BCUT2D eigenvalue weighted by atomic mass is 10.1. The smallest absolute Gasteiger partial charge is 0.271 e. The monoisotopic (exact) mass is 388 g/mol. The molecule has 0 fully saturated rings. The van der Waals surface area contributed by atoms with Gasteiger partial charge in [0.2, 0.25) is 0 Å². The van der Waals surface area contributed by atoms with Gasteiger partial charge < -0.3 is 10.6 Å². The van der Waals surface area contributed by atoms with Gasteiger partial charge >= 0.3 is 0 Å². The Kier molecular flexibility index (Phi) is 5.70. The highest BCUT2D eigenvalue weighted by atomic mass is 35.5. The summed E-state index contributed by atoms with van der Waals surface area (Å²) in [5.74, 6) is -0.0717. The van der Waals surface area contributed by atoms with Crippen molar-refractivity contribution in [1.82, 2.24) is 15.1 Å². The van der Waals surface area contributed by atoms with Gasteiger partial charge in [-0.25, -0.2) is 0 Å². The highest BCUT2D eigenvalue weighted by Gasteiger charge is 2.15. The van der Waals surface area contributed by atoms with Crippen LogP contribution in [-0.4, -0.2) is 28.1 Å². The third-order valence-electron chi connectivity index (χ3n) is 3.74. The normalized spacial score (nSPS) is 10.5. The zero-order valence-corrected chi connectivity index (χ0v) is 15.6. The van der Waals surface area contributed by atoms with E-state index in [0.29, 0.717) is 28.7 Å². The maximum absolute atomic E-state index is 12.3. The molecule has 0 saturated carbocycles. The van der Waals surface area contributed by atoms with Crippen LogP contribution in [0.15, 0.2) is 47.8 Å². The predicted octanol–water partition coefficient (Wildman–Crippen LogP) is 3.36. The second kappa shape index (κ2) is 8.16. The van der Waals surface area contributed by atoms with E-state index in [1.807, 2.05) is 29.6 Å². The van der Waals surface area contributed by atoms with Gasteiger partial charge in [0.25, 0.3) is 11.8 Å². The largest absolute Gasteiger partial charge is 0.350 e. The average Bonchev–Trinajstić information content (AvgIpc) is 3.27. The van der Waals surface area contributed by atoms with Crippen LogP contribution in [0, 0.1) is 0 Å². The zero-order chi connectivity index (χ0) is 18.5. The van der Waals surface area contributed by atoms with Gasteiger partial charge in [-0.1, -0.05) is 35.9 Å². The second-order valence-electron chi connectivity index (χ2n) is 5.57. The van der Waals surface area contributed by atoms with Crippen molar-refractivity contribution in [1.29, 1.82) is 0 Å². The van der Waals surface area contributed by atoms with Crippen LogP contribution in [0.4, 0.5) is 5.82 Å². The standard InChI is InChI=1S/C18H17ClN4O2S/c1-23-16(21-18(25)15-7-4-10-26-15)11-14(22-23)17(24)20-9-8-12-5-2-3-6-13(12)19/h2-7,10-11H,8-9H2,1H3,(H,20,24)(H,21,25). The molecule has 0 aliphatic carbocycles. The average molecular weight is 389 g/mol. The molecule has 0 unspecified atom stereocenters. The zero-order valence-electron chi connectivity index (χ0n) is 14.0. The van der Waals surface area contributed by atoms with Gasteiger partial charge in [-0.3, -0.25) is 14.3 Å². The molecule has 2 heterocycles. The van der Waals surface area contributed by atoms with Gasteiger partial charge in [0.05, 0.1) is 4.88 Å². The Bertz CT molecular complexity index is 921. The van der Waals surface area contributed by atoms with Crippen LogP contribution in [0.3, 0.4) is 0 Å². The number of aryl methyl sites for hydroxylation is 1. The fourth-order valence-electron chi connectivity index (χ4n) is 2.38. The molecule has 0 atom stereocenters. The summed E-state index contributed by atoms with van der Waals surface area (Å²) >= 11 is 7.45. The van der Waals surface area contributed by atoms with Gasteiger partial charge in [-0.15, -0.1) is 11.3 Å². The molecule has 8 heteroatoms. The number of hydrogen-bond acceptors (Lipinski definition) is 4. The number of benzene rings is 1. The molecule has 1 aromatic carbocycles. The number of nitrogens with zero attached hydrogens (tertiary/aromatic N) is 2. The van der Waals surface area contributed by atoms with Crippen molar-refractivity contribution >= 4 is 40.6 Å². The van der Waals surface area contributed by atoms with Gasteiger partial charge in [0.1, 0.15) is 5.82 Å². The van der Waals surface area contributed by atoms with Crippen molar-refractivity contribution < 1.29 is 9.59 Å². The molecule has 134 valence electrons. The first-order valence-electron chi connectivity index (χ1n) is 7.95. The van der Waals surface area contributed by atoms with Crippen molar-refractivity contribution in [3.63, 3.8) is 0 Å².